The number of imidazole rings is 1. The molecule has 0 fully saturated rings. The van der Waals surface area contributed by atoms with E-state index in [1.807, 2.05) is 0 Å². The third kappa shape index (κ3) is 2.26. The lowest BCUT2D eigenvalue weighted by atomic mass is 10.1. The number of hydrogen-bond donors (Lipinski definition) is 3. The largest absolute Gasteiger partial charge is 0.508 e. The molecule has 0 saturated heterocycles. The van der Waals surface area contributed by atoms with Crippen LogP contribution in [0.2, 0.25) is 0 Å². The molecule has 0 atom stereocenters. The summed E-state index contributed by atoms with van der Waals surface area (Å²) in [5.41, 5.74) is 0.927. The Morgan fingerprint density at radius 1 is 1.47 bits per heavy atom. The molecule has 0 amide bonds. The highest BCUT2D eigenvalue weighted by Gasteiger charge is 2.17. The number of aromatic nitrogens is 2. The monoisotopic (exact) mass is 250 g/mol. The van der Waals surface area contributed by atoms with Crippen molar-refractivity contribution in [2.75, 3.05) is 6.26 Å². The van der Waals surface area contributed by atoms with Crippen molar-refractivity contribution in [1.82, 2.24) is 9.97 Å². The standard InChI is InChI=1S/C11H10N2O3S/c1-17-11-12-8(9(13-11)10(15)16)6-3-2-4-7(14)5-6/h2-5,14H,1H3,(H,12,13)(H,15,16). The average Bonchev–Trinajstić information content (AvgIpc) is 2.73. The van der Waals surface area contributed by atoms with E-state index in [9.17, 15) is 9.90 Å². The van der Waals surface area contributed by atoms with Crippen LogP contribution in [0.1, 0.15) is 10.5 Å². The Labute approximate surface area is 102 Å². The van der Waals surface area contributed by atoms with Gasteiger partial charge in [-0.1, -0.05) is 23.9 Å². The molecule has 1 aromatic carbocycles. The number of benzene rings is 1. The van der Waals surface area contributed by atoms with E-state index >= 15 is 0 Å². The van der Waals surface area contributed by atoms with E-state index in [1.165, 1.54) is 23.9 Å². The molecule has 0 bridgehead atoms. The number of phenols is 1. The number of nitrogens with zero attached hydrogens (tertiary/aromatic N) is 1. The second kappa shape index (κ2) is 4.50. The summed E-state index contributed by atoms with van der Waals surface area (Å²) in [4.78, 5) is 18.0. The van der Waals surface area contributed by atoms with Gasteiger partial charge in [0.2, 0.25) is 0 Å². The van der Waals surface area contributed by atoms with Gasteiger partial charge in [-0.3, -0.25) is 0 Å². The van der Waals surface area contributed by atoms with Crippen molar-refractivity contribution in [2.45, 2.75) is 5.16 Å². The van der Waals surface area contributed by atoms with Gasteiger partial charge in [0.15, 0.2) is 10.9 Å². The number of aromatic amines is 1. The highest BCUT2D eigenvalue weighted by Crippen LogP contribution is 2.27. The maximum absolute atomic E-state index is 11.1. The molecule has 3 N–H and O–H groups in total. The minimum atomic E-state index is -1.07. The molecule has 2 aromatic rings. The molecule has 1 heterocycles. The predicted octanol–water partition coefficient (Wildman–Crippen LogP) is 2.20. The first-order valence-electron chi connectivity index (χ1n) is 4.78. The van der Waals surface area contributed by atoms with Gasteiger partial charge in [0.05, 0.1) is 0 Å². The van der Waals surface area contributed by atoms with Crippen molar-refractivity contribution in [2.24, 2.45) is 0 Å². The normalized spacial score (nSPS) is 10.4. The van der Waals surface area contributed by atoms with E-state index < -0.39 is 5.97 Å². The first-order valence-corrected chi connectivity index (χ1v) is 6.01. The van der Waals surface area contributed by atoms with Gasteiger partial charge < -0.3 is 15.2 Å². The number of hydrogen-bond acceptors (Lipinski definition) is 4. The van der Waals surface area contributed by atoms with Crippen molar-refractivity contribution in [3.05, 3.63) is 30.0 Å². The van der Waals surface area contributed by atoms with Crippen LogP contribution in [-0.2, 0) is 0 Å². The molecule has 0 saturated carbocycles. The van der Waals surface area contributed by atoms with Crippen LogP contribution < -0.4 is 0 Å². The zero-order chi connectivity index (χ0) is 12.4. The Balaban J connectivity index is 2.57. The summed E-state index contributed by atoms with van der Waals surface area (Å²) in [6.45, 7) is 0. The highest BCUT2D eigenvalue weighted by molar-refractivity contribution is 7.98. The highest BCUT2D eigenvalue weighted by atomic mass is 32.2. The minimum Gasteiger partial charge on any atom is -0.508 e. The van der Waals surface area contributed by atoms with Gasteiger partial charge in [-0.25, -0.2) is 9.78 Å². The van der Waals surface area contributed by atoms with Crippen molar-refractivity contribution in [3.8, 4) is 17.0 Å². The van der Waals surface area contributed by atoms with Gasteiger partial charge in [-0.05, 0) is 18.4 Å². The molecule has 1 aromatic heterocycles. The van der Waals surface area contributed by atoms with Gasteiger partial charge in [0.25, 0.3) is 0 Å². The van der Waals surface area contributed by atoms with Crippen molar-refractivity contribution in [3.63, 3.8) is 0 Å². The summed E-state index contributed by atoms with van der Waals surface area (Å²) in [6.07, 6.45) is 1.80. The predicted molar refractivity (Wildman–Crippen MR) is 64.4 cm³/mol. The number of thioether (sulfide) groups is 1. The molecular formula is C11H10N2O3S. The van der Waals surface area contributed by atoms with Crippen molar-refractivity contribution >= 4 is 17.7 Å². The molecule has 0 aliphatic carbocycles. The summed E-state index contributed by atoms with van der Waals surface area (Å²) in [5, 5.41) is 19.0. The van der Waals surface area contributed by atoms with Gasteiger partial charge >= 0.3 is 5.97 Å². The van der Waals surface area contributed by atoms with Gasteiger partial charge in [-0.15, -0.1) is 0 Å². The lowest BCUT2D eigenvalue weighted by Gasteiger charge is -1.99. The number of aromatic carboxylic acids is 1. The van der Waals surface area contributed by atoms with Gasteiger partial charge in [0, 0.05) is 5.56 Å². The van der Waals surface area contributed by atoms with Gasteiger partial charge in [0.1, 0.15) is 11.4 Å². The van der Waals surface area contributed by atoms with E-state index in [1.54, 1.807) is 18.4 Å². The number of phenolic OH excluding ortho intramolecular Hbond substituents is 1. The fourth-order valence-electron chi connectivity index (χ4n) is 1.47. The number of carbonyl (C=O) groups is 1. The van der Waals surface area contributed by atoms with Crippen molar-refractivity contribution in [1.29, 1.82) is 0 Å². The topological polar surface area (TPSA) is 86.2 Å². The van der Waals surface area contributed by atoms with Crippen LogP contribution in [0.3, 0.4) is 0 Å². The van der Waals surface area contributed by atoms with Crippen LogP contribution >= 0.6 is 11.8 Å². The Morgan fingerprint density at radius 3 is 2.82 bits per heavy atom. The number of aromatic hydroxyl groups is 1. The molecule has 0 radical (unpaired) electrons. The molecular weight excluding hydrogens is 240 g/mol. The summed E-state index contributed by atoms with van der Waals surface area (Å²) in [7, 11) is 0. The third-order valence-electron chi connectivity index (χ3n) is 2.21. The number of nitrogens with one attached hydrogen (secondary N) is 1. The Bertz CT molecular complexity index is 566. The van der Waals surface area contributed by atoms with Crippen LogP contribution in [0.4, 0.5) is 0 Å². The first-order chi connectivity index (χ1) is 8.11. The SMILES string of the molecule is CSc1nc(-c2cccc(O)c2)c(C(=O)O)[nH]1. The van der Waals surface area contributed by atoms with E-state index in [0.29, 0.717) is 16.4 Å². The number of carboxylic acids is 1. The van der Waals surface area contributed by atoms with Gasteiger partial charge in [-0.2, -0.15) is 0 Å². The van der Waals surface area contributed by atoms with E-state index in [2.05, 4.69) is 9.97 Å². The molecule has 5 nitrogen and oxygen atoms in total. The minimum absolute atomic E-state index is 0.0277. The fourth-order valence-corrected chi connectivity index (χ4v) is 1.85. The molecule has 88 valence electrons. The van der Waals surface area contributed by atoms with Crippen LogP contribution in [-0.4, -0.2) is 32.4 Å². The maximum atomic E-state index is 11.1. The summed E-state index contributed by atoms with van der Waals surface area (Å²) < 4.78 is 0. The zero-order valence-electron chi connectivity index (χ0n) is 8.97. The second-order valence-corrected chi connectivity index (χ2v) is 4.12. The lowest BCUT2D eigenvalue weighted by molar-refractivity contribution is 0.0691. The molecule has 6 heteroatoms. The van der Waals surface area contributed by atoms with Crippen molar-refractivity contribution < 1.29 is 15.0 Å². The summed E-state index contributed by atoms with van der Waals surface area (Å²) in [6, 6.07) is 6.34. The van der Waals surface area contributed by atoms with E-state index in [-0.39, 0.29) is 11.4 Å². The Hall–Kier alpha value is -1.95. The number of rotatable bonds is 3. The molecule has 0 aliphatic rings. The molecule has 0 aliphatic heterocycles. The Morgan fingerprint density at radius 2 is 2.24 bits per heavy atom. The lowest BCUT2D eigenvalue weighted by Crippen LogP contribution is -1.99. The second-order valence-electron chi connectivity index (χ2n) is 3.33. The number of carboxylic acid groups (broad SMARTS) is 1. The fraction of sp³-hybridized carbons (Fsp3) is 0.0909. The summed E-state index contributed by atoms with van der Waals surface area (Å²) >= 11 is 1.33. The van der Waals surface area contributed by atoms with E-state index in [0.717, 1.165) is 0 Å². The molecule has 0 spiro atoms. The van der Waals surface area contributed by atoms with Crippen LogP contribution in [0.5, 0.6) is 5.75 Å². The smallest absolute Gasteiger partial charge is 0.354 e. The molecule has 0 unspecified atom stereocenters. The molecule has 17 heavy (non-hydrogen) atoms. The third-order valence-corrected chi connectivity index (χ3v) is 2.79. The number of H-pyrrole nitrogens is 1. The molecule has 2 rings (SSSR count). The zero-order valence-corrected chi connectivity index (χ0v) is 9.78. The summed E-state index contributed by atoms with van der Waals surface area (Å²) in [5.74, 6) is -0.997. The maximum Gasteiger partial charge on any atom is 0.354 e. The van der Waals surface area contributed by atoms with Crippen LogP contribution in [0, 0.1) is 0 Å². The quantitative estimate of drug-likeness (QED) is 0.727. The van der Waals surface area contributed by atoms with Crippen LogP contribution in [0.15, 0.2) is 29.4 Å². The Kier molecular flexibility index (Phi) is 3.06. The van der Waals surface area contributed by atoms with E-state index in [4.69, 9.17) is 5.11 Å². The van der Waals surface area contributed by atoms with Crippen LogP contribution in [0.25, 0.3) is 11.3 Å². The average molecular weight is 250 g/mol. The first kappa shape index (κ1) is 11.5.